The van der Waals surface area contributed by atoms with Gasteiger partial charge in [0.25, 0.3) is 0 Å². The van der Waals surface area contributed by atoms with Crippen molar-refractivity contribution in [2.45, 2.75) is 19.9 Å². The van der Waals surface area contributed by atoms with Crippen molar-refractivity contribution in [3.63, 3.8) is 0 Å². The van der Waals surface area contributed by atoms with Gasteiger partial charge in [0.05, 0.1) is 29.0 Å². The molecule has 1 saturated heterocycles. The Kier molecular flexibility index (Phi) is 5.64. The van der Waals surface area contributed by atoms with Gasteiger partial charge in [0.2, 0.25) is 5.91 Å². The van der Waals surface area contributed by atoms with Crippen LogP contribution in [0.5, 0.6) is 0 Å². The number of benzene rings is 2. The average molecular weight is 436 g/mol. The number of aromatic nitrogens is 2. The molecule has 1 atom stereocenters. The number of amides is 1. The number of hydrogen-bond acceptors (Lipinski definition) is 4. The maximum absolute atomic E-state index is 11.4. The largest absolute Gasteiger partial charge is 0.346 e. The number of rotatable bonds is 5. The third-order valence-electron chi connectivity index (χ3n) is 6.23. The maximum atomic E-state index is 11.4. The van der Waals surface area contributed by atoms with Crippen LogP contribution in [0.2, 0.25) is 0 Å². The van der Waals surface area contributed by atoms with Crippen molar-refractivity contribution in [2.75, 3.05) is 18.4 Å². The van der Waals surface area contributed by atoms with Crippen molar-refractivity contribution < 1.29 is 4.79 Å². The van der Waals surface area contributed by atoms with Crippen LogP contribution in [0.25, 0.3) is 33.3 Å². The number of fused-ring (bicyclic) bond motifs is 1. The molecular formula is C27H25N5O. The van der Waals surface area contributed by atoms with Crippen molar-refractivity contribution in [1.29, 1.82) is 5.26 Å². The molecule has 0 bridgehead atoms. The smallest absolute Gasteiger partial charge is 0.221 e. The minimum absolute atomic E-state index is 0.0978. The second kappa shape index (κ2) is 8.89. The summed E-state index contributed by atoms with van der Waals surface area (Å²) < 4.78 is 2.30. The number of carbonyl (C=O) groups excluding carboxylic acids is 1. The van der Waals surface area contributed by atoms with E-state index in [2.05, 4.69) is 33.5 Å². The number of nitriles is 1. The highest BCUT2D eigenvalue weighted by Crippen LogP contribution is 2.37. The monoisotopic (exact) mass is 435 g/mol. The van der Waals surface area contributed by atoms with Crippen LogP contribution >= 0.6 is 0 Å². The topological polar surface area (TPSA) is 82.7 Å². The maximum Gasteiger partial charge on any atom is 0.221 e. The van der Waals surface area contributed by atoms with Crippen molar-refractivity contribution in [2.24, 2.45) is 5.92 Å². The molecule has 5 rings (SSSR count). The molecule has 3 heterocycles. The first-order valence-corrected chi connectivity index (χ1v) is 11.2. The summed E-state index contributed by atoms with van der Waals surface area (Å²) >= 11 is 0. The number of anilines is 1. The Morgan fingerprint density at radius 1 is 1.15 bits per heavy atom. The molecule has 2 aromatic carbocycles. The summed E-state index contributed by atoms with van der Waals surface area (Å²) in [5.74, 6) is 0.527. The quantitative estimate of drug-likeness (QED) is 0.471. The highest BCUT2D eigenvalue weighted by atomic mass is 16.1. The fraction of sp³-hybridized carbons (Fsp3) is 0.222. The van der Waals surface area contributed by atoms with Crippen LogP contribution in [0.3, 0.4) is 0 Å². The van der Waals surface area contributed by atoms with Crippen LogP contribution in [0.15, 0.2) is 67.0 Å². The number of nitrogens with zero attached hydrogens (tertiary/aromatic N) is 3. The number of carbonyl (C=O) groups is 1. The van der Waals surface area contributed by atoms with Gasteiger partial charge in [0.15, 0.2) is 0 Å². The second-order valence-electron chi connectivity index (χ2n) is 8.56. The molecule has 6 nitrogen and oxygen atoms in total. The highest BCUT2D eigenvalue weighted by molar-refractivity contribution is 6.01. The van der Waals surface area contributed by atoms with E-state index in [-0.39, 0.29) is 5.91 Å². The van der Waals surface area contributed by atoms with Crippen LogP contribution in [0, 0.1) is 17.2 Å². The van der Waals surface area contributed by atoms with E-state index in [1.807, 2.05) is 54.7 Å². The normalized spacial score (nSPS) is 15.5. The van der Waals surface area contributed by atoms with Gasteiger partial charge in [-0.2, -0.15) is 5.26 Å². The summed E-state index contributed by atoms with van der Waals surface area (Å²) in [6.07, 6.45) is 5.30. The minimum atomic E-state index is -0.0978. The Bertz CT molecular complexity index is 1340. The Balaban J connectivity index is 1.63. The van der Waals surface area contributed by atoms with Gasteiger partial charge in [-0.15, -0.1) is 0 Å². The van der Waals surface area contributed by atoms with Gasteiger partial charge in [0.1, 0.15) is 0 Å². The summed E-state index contributed by atoms with van der Waals surface area (Å²) in [5.41, 5.74) is 6.41. The van der Waals surface area contributed by atoms with Crippen molar-refractivity contribution in [3.05, 3.63) is 72.6 Å². The van der Waals surface area contributed by atoms with Crippen molar-refractivity contribution in [3.8, 4) is 28.5 Å². The van der Waals surface area contributed by atoms with Crippen molar-refractivity contribution >= 4 is 22.5 Å². The lowest BCUT2D eigenvalue weighted by atomic mass is 9.95. The summed E-state index contributed by atoms with van der Waals surface area (Å²) in [6.45, 7) is 4.60. The molecular weight excluding hydrogens is 410 g/mol. The Hall–Kier alpha value is -3.95. The number of hydrogen-bond donors (Lipinski definition) is 2. The van der Waals surface area contributed by atoms with Crippen LogP contribution < -0.4 is 10.6 Å². The molecule has 33 heavy (non-hydrogen) atoms. The molecule has 0 saturated carbocycles. The zero-order valence-corrected chi connectivity index (χ0v) is 18.5. The SMILES string of the molecule is CC(=O)Nc1ccc(-c2ncc3c(ccn3CC3CCNC3)c2-c2ccc(C#N)cc2)cc1. The van der Waals surface area contributed by atoms with Crippen LogP contribution in [-0.2, 0) is 11.3 Å². The van der Waals surface area contributed by atoms with Gasteiger partial charge in [0, 0.05) is 41.9 Å². The Labute approximate surface area is 192 Å². The van der Waals surface area contributed by atoms with Gasteiger partial charge in [-0.1, -0.05) is 24.3 Å². The van der Waals surface area contributed by atoms with Gasteiger partial charge < -0.3 is 15.2 Å². The zero-order valence-electron chi connectivity index (χ0n) is 18.5. The molecule has 0 aliphatic carbocycles. The zero-order chi connectivity index (χ0) is 22.8. The molecule has 6 heteroatoms. The number of pyridine rings is 1. The first kappa shape index (κ1) is 20.9. The van der Waals surface area contributed by atoms with Gasteiger partial charge in [-0.25, -0.2) is 0 Å². The first-order valence-electron chi connectivity index (χ1n) is 11.2. The van der Waals surface area contributed by atoms with Crippen molar-refractivity contribution in [1.82, 2.24) is 14.9 Å². The van der Waals surface area contributed by atoms with Crippen LogP contribution in [0.1, 0.15) is 18.9 Å². The molecule has 1 fully saturated rings. The molecule has 1 aliphatic rings. The van der Waals surface area contributed by atoms with E-state index >= 15 is 0 Å². The Morgan fingerprint density at radius 2 is 1.91 bits per heavy atom. The molecule has 1 aliphatic heterocycles. The first-order chi connectivity index (χ1) is 16.1. The average Bonchev–Trinajstić information content (AvgIpc) is 3.49. The molecule has 0 radical (unpaired) electrons. The Morgan fingerprint density at radius 3 is 2.58 bits per heavy atom. The summed E-state index contributed by atoms with van der Waals surface area (Å²) in [4.78, 5) is 16.3. The van der Waals surface area contributed by atoms with E-state index in [4.69, 9.17) is 4.98 Å². The minimum Gasteiger partial charge on any atom is -0.346 e. The lowest BCUT2D eigenvalue weighted by Crippen LogP contribution is -2.14. The van der Waals surface area contributed by atoms with Gasteiger partial charge in [-0.05, 0) is 61.3 Å². The third-order valence-corrected chi connectivity index (χ3v) is 6.23. The predicted molar refractivity (Wildman–Crippen MR) is 131 cm³/mol. The summed E-state index contributed by atoms with van der Waals surface area (Å²) in [7, 11) is 0. The van der Waals surface area contributed by atoms with E-state index in [1.54, 1.807) is 0 Å². The molecule has 4 aromatic rings. The van der Waals surface area contributed by atoms with E-state index in [9.17, 15) is 10.1 Å². The van der Waals surface area contributed by atoms with Crippen LogP contribution in [-0.4, -0.2) is 28.5 Å². The van der Waals surface area contributed by atoms with Gasteiger partial charge >= 0.3 is 0 Å². The predicted octanol–water partition coefficient (Wildman–Crippen LogP) is 4.81. The highest BCUT2D eigenvalue weighted by Gasteiger charge is 2.19. The van der Waals surface area contributed by atoms with Gasteiger partial charge in [-0.3, -0.25) is 9.78 Å². The van der Waals surface area contributed by atoms with E-state index in [0.717, 1.165) is 58.6 Å². The summed E-state index contributed by atoms with van der Waals surface area (Å²) in [5, 5.41) is 16.6. The fourth-order valence-corrected chi connectivity index (χ4v) is 4.60. The molecule has 2 N–H and O–H groups in total. The number of nitrogens with one attached hydrogen (secondary N) is 2. The standard InChI is InChI=1S/C27H25N5O/c1-18(33)31-23-8-6-22(7-9-23)27-26(21-4-2-19(14-28)3-5-21)24-11-13-32(25(24)16-30-27)17-20-10-12-29-15-20/h2-9,11,13,16,20,29H,10,12,15,17H2,1H3,(H,31,33). The lowest BCUT2D eigenvalue weighted by molar-refractivity contribution is -0.114. The molecule has 0 spiro atoms. The summed E-state index contributed by atoms with van der Waals surface area (Å²) in [6, 6.07) is 19.8. The molecule has 1 amide bonds. The second-order valence-corrected chi connectivity index (χ2v) is 8.56. The van der Waals surface area contributed by atoms with E-state index in [1.165, 1.54) is 13.3 Å². The van der Waals surface area contributed by atoms with E-state index < -0.39 is 0 Å². The molecule has 2 aromatic heterocycles. The lowest BCUT2D eigenvalue weighted by Gasteiger charge is -2.14. The fourth-order valence-electron chi connectivity index (χ4n) is 4.60. The molecule has 164 valence electrons. The van der Waals surface area contributed by atoms with Crippen LogP contribution in [0.4, 0.5) is 5.69 Å². The molecule has 1 unspecified atom stereocenters. The third kappa shape index (κ3) is 4.23. The van der Waals surface area contributed by atoms with E-state index in [0.29, 0.717) is 11.5 Å².